The van der Waals surface area contributed by atoms with Crippen LogP contribution < -0.4 is 10.1 Å². The first-order valence-electron chi connectivity index (χ1n) is 9.75. The van der Waals surface area contributed by atoms with Gasteiger partial charge in [0.05, 0.1) is 23.9 Å². The third-order valence-corrected chi connectivity index (χ3v) is 4.55. The lowest BCUT2D eigenvalue weighted by molar-refractivity contribution is 0.142. The highest BCUT2D eigenvalue weighted by atomic mass is 16.6. The van der Waals surface area contributed by atoms with Crippen LogP contribution in [0, 0.1) is 11.3 Å². The van der Waals surface area contributed by atoms with Gasteiger partial charge in [-0.25, -0.2) is 4.79 Å². The smallest absolute Gasteiger partial charge is 0.412 e. The summed E-state index contributed by atoms with van der Waals surface area (Å²) in [7, 11) is 3.53. The lowest BCUT2D eigenvalue weighted by Gasteiger charge is -2.11. The van der Waals surface area contributed by atoms with E-state index in [4.69, 9.17) is 9.47 Å². The highest BCUT2D eigenvalue weighted by Crippen LogP contribution is 2.34. The Kier molecular flexibility index (Phi) is 7.65. The maximum atomic E-state index is 11.8. The van der Waals surface area contributed by atoms with Gasteiger partial charge >= 0.3 is 6.09 Å². The molecule has 0 bridgehead atoms. The fourth-order valence-corrected chi connectivity index (χ4v) is 3.07. The van der Waals surface area contributed by atoms with Crippen LogP contribution in [0.5, 0.6) is 5.75 Å². The molecule has 1 N–H and O–H groups in total. The van der Waals surface area contributed by atoms with E-state index in [-0.39, 0.29) is 6.10 Å². The van der Waals surface area contributed by atoms with Crippen LogP contribution in [0.2, 0.25) is 0 Å². The number of nitrogens with zero attached hydrogens (tertiary/aromatic N) is 2. The maximum Gasteiger partial charge on any atom is 0.412 e. The van der Waals surface area contributed by atoms with Gasteiger partial charge in [0.2, 0.25) is 0 Å². The Hall–Kier alpha value is -3.72. The second kappa shape index (κ2) is 10.2. The minimum absolute atomic E-state index is 0.370. The monoisotopic (exact) mass is 405 g/mol. The lowest BCUT2D eigenvalue weighted by Crippen LogP contribution is -2.18. The van der Waals surface area contributed by atoms with E-state index in [9.17, 15) is 10.1 Å². The first kappa shape index (κ1) is 22.6. The minimum atomic E-state index is -0.547. The van der Waals surface area contributed by atoms with Crippen molar-refractivity contribution in [2.75, 3.05) is 12.4 Å². The van der Waals surface area contributed by atoms with Crippen molar-refractivity contribution in [1.29, 1.82) is 5.26 Å². The van der Waals surface area contributed by atoms with E-state index in [0.717, 1.165) is 27.9 Å². The first-order chi connectivity index (χ1) is 14.5. The van der Waals surface area contributed by atoms with Gasteiger partial charge in [0.25, 0.3) is 0 Å². The number of hydrogen-bond acceptors (Lipinski definition) is 4. The van der Waals surface area contributed by atoms with E-state index in [1.807, 2.05) is 55.8 Å². The number of amides is 1. The van der Waals surface area contributed by atoms with Crippen LogP contribution in [-0.2, 0) is 11.8 Å². The second-order valence-electron chi connectivity index (χ2n) is 6.33. The summed E-state index contributed by atoms with van der Waals surface area (Å²) in [4.78, 5) is 11.8. The molecule has 0 fully saturated rings. The van der Waals surface area contributed by atoms with Crippen LogP contribution in [-0.4, -0.2) is 23.9 Å². The molecule has 6 heteroatoms. The van der Waals surface area contributed by atoms with Crippen molar-refractivity contribution in [3.8, 4) is 23.1 Å². The number of carbonyl (C=O) groups is 1. The number of fused-ring (bicyclic) bond motifs is 1. The number of anilines is 1. The molecule has 0 aliphatic rings. The molecule has 3 aromatic rings. The fraction of sp³-hybridized carbons (Fsp3) is 0.250. The highest BCUT2D eigenvalue weighted by molar-refractivity contribution is 5.95. The number of nitriles is 1. The van der Waals surface area contributed by atoms with Crippen molar-refractivity contribution in [2.24, 2.45) is 7.05 Å². The van der Waals surface area contributed by atoms with Gasteiger partial charge in [-0.15, -0.1) is 0 Å². The van der Waals surface area contributed by atoms with E-state index in [1.165, 1.54) is 0 Å². The number of hydrogen-bond donors (Lipinski definition) is 1. The summed E-state index contributed by atoms with van der Waals surface area (Å²) in [6.45, 7) is 9.31. The van der Waals surface area contributed by atoms with Crippen LogP contribution in [0.4, 0.5) is 10.5 Å². The lowest BCUT2D eigenvalue weighted by atomic mass is 10.1. The van der Waals surface area contributed by atoms with Gasteiger partial charge in [-0.05, 0) is 36.8 Å². The van der Waals surface area contributed by atoms with Crippen molar-refractivity contribution in [3.05, 3.63) is 60.7 Å². The zero-order valence-electron chi connectivity index (χ0n) is 18.0. The van der Waals surface area contributed by atoms with Crippen molar-refractivity contribution >= 4 is 22.7 Å². The molecule has 0 saturated heterocycles. The maximum absolute atomic E-state index is 11.8. The molecule has 0 spiro atoms. The predicted molar refractivity (Wildman–Crippen MR) is 121 cm³/mol. The van der Waals surface area contributed by atoms with E-state index in [0.29, 0.717) is 11.3 Å². The predicted octanol–water partition coefficient (Wildman–Crippen LogP) is 5.87. The molecule has 156 valence electrons. The molecule has 1 aromatic heterocycles. The largest absolute Gasteiger partial charge is 0.497 e. The Morgan fingerprint density at radius 2 is 1.90 bits per heavy atom. The molecule has 0 radical (unpaired) electrons. The molecule has 30 heavy (non-hydrogen) atoms. The minimum Gasteiger partial charge on any atom is -0.497 e. The van der Waals surface area contributed by atoms with Gasteiger partial charge in [0, 0.05) is 24.2 Å². The molecular formula is C24H27N3O3. The molecular weight excluding hydrogens is 378 g/mol. The number of aryl methyl sites for hydroxylation is 1. The van der Waals surface area contributed by atoms with Gasteiger partial charge in [-0.2, -0.15) is 5.26 Å². The Morgan fingerprint density at radius 3 is 2.47 bits per heavy atom. The quantitative estimate of drug-likeness (QED) is 0.538. The molecule has 1 atom stereocenters. The van der Waals surface area contributed by atoms with Gasteiger partial charge < -0.3 is 14.0 Å². The van der Waals surface area contributed by atoms with E-state index in [2.05, 4.69) is 18.0 Å². The summed E-state index contributed by atoms with van der Waals surface area (Å²) in [5.74, 6) is 0.732. The van der Waals surface area contributed by atoms with Crippen molar-refractivity contribution in [1.82, 2.24) is 4.57 Å². The van der Waals surface area contributed by atoms with Crippen molar-refractivity contribution in [3.63, 3.8) is 0 Å². The molecule has 6 nitrogen and oxygen atoms in total. The molecule has 0 aliphatic carbocycles. The third kappa shape index (κ3) is 4.64. The topological polar surface area (TPSA) is 76.3 Å². The number of nitrogens with one attached hydrogen (secondary N) is 1. The van der Waals surface area contributed by atoms with Crippen LogP contribution in [0.25, 0.3) is 22.2 Å². The molecule has 0 saturated carbocycles. The van der Waals surface area contributed by atoms with E-state index >= 15 is 0 Å². The number of carbonyl (C=O) groups excluding carboxylic acids is 1. The number of aromatic nitrogens is 1. The van der Waals surface area contributed by atoms with Gasteiger partial charge in [0.15, 0.2) is 0 Å². The van der Waals surface area contributed by atoms with E-state index in [1.54, 1.807) is 32.2 Å². The Balaban J connectivity index is 0.00000155. The average molecular weight is 405 g/mol. The van der Waals surface area contributed by atoms with E-state index < -0.39 is 6.09 Å². The summed E-state index contributed by atoms with van der Waals surface area (Å²) in [6.07, 6.45) is 0.626. The zero-order valence-corrected chi connectivity index (χ0v) is 18.0. The zero-order chi connectivity index (χ0) is 22.3. The summed E-state index contributed by atoms with van der Waals surface area (Å²) >= 11 is 0. The summed E-state index contributed by atoms with van der Waals surface area (Å²) < 4.78 is 12.4. The number of ether oxygens (including phenoxy) is 2. The van der Waals surface area contributed by atoms with Crippen LogP contribution in [0.15, 0.2) is 55.1 Å². The van der Waals surface area contributed by atoms with Crippen molar-refractivity contribution < 1.29 is 14.3 Å². The van der Waals surface area contributed by atoms with Crippen LogP contribution >= 0.6 is 0 Å². The average Bonchev–Trinajstić information content (AvgIpc) is 3.06. The first-order valence-corrected chi connectivity index (χ1v) is 9.75. The second-order valence-corrected chi connectivity index (χ2v) is 6.33. The van der Waals surface area contributed by atoms with Gasteiger partial charge in [-0.3, -0.25) is 5.32 Å². The number of methoxy groups -OCH3 is 1. The Labute approximate surface area is 177 Å². The Bertz CT molecular complexity index is 1080. The van der Waals surface area contributed by atoms with Crippen molar-refractivity contribution in [2.45, 2.75) is 26.9 Å². The number of rotatable bonds is 5. The summed E-state index contributed by atoms with van der Waals surface area (Å²) in [5.41, 5.74) is 3.78. The molecule has 2 aromatic carbocycles. The third-order valence-electron chi connectivity index (χ3n) is 4.55. The summed E-state index contributed by atoms with van der Waals surface area (Å²) in [6, 6.07) is 15.2. The SMILES string of the molecule is C=CC(C)OC(=O)Nc1ccc(-c2c(C#N)c3ccc(OC)cc3n2C)cc1.CC. The molecule has 3 rings (SSSR count). The molecule has 1 unspecified atom stereocenters. The molecule has 1 amide bonds. The van der Waals surface area contributed by atoms with Crippen LogP contribution in [0.3, 0.4) is 0 Å². The molecule has 1 heterocycles. The van der Waals surface area contributed by atoms with Gasteiger partial charge in [0.1, 0.15) is 17.9 Å². The van der Waals surface area contributed by atoms with Crippen LogP contribution in [0.1, 0.15) is 26.3 Å². The Morgan fingerprint density at radius 1 is 1.23 bits per heavy atom. The molecule has 0 aliphatic heterocycles. The fourth-order valence-electron chi connectivity index (χ4n) is 3.07. The van der Waals surface area contributed by atoms with Gasteiger partial charge in [-0.1, -0.05) is 38.6 Å². The standard InChI is InChI=1S/C22H21N3O3.C2H6/c1-5-14(2)28-22(26)24-16-8-6-15(7-9-16)21-19(13-23)18-11-10-17(27-4)12-20(18)25(21)3;1-2/h5-12,14H,1H2,2-4H3,(H,24,26);1-2H3. The highest BCUT2D eigenvalue weighted by Gasteiger charge is 2.17. The summed E-state index contributed by atoms with van der Waals surface area (Å²) in [5, 5.41) is 13.3. The normalized spacial score (nSPS) is 10.9. The number of benzene rings is 2.